The Kier molecular flexibility index (Phi) is 4.31. The first-order chi connectivity index (χ1) is 7.10. The van der Waals surface area contributed by atoms with E-state index in [1.165, 1.54) is 16.8 Å². The average molecular weight is 205 g/mol. The summed E-state index contributed by atoms with van der Waals surface area (Å²) in [7, 11) is 0. The van der Waals surface area contributed by atoms with Crippen molar-refractivity contribution in [2.45, 2.75) is 59.3 Å². The van der Waals surface area contributed by atoms with E-state index in [1.807, 2.05) is 0 Å². The molecule has 84 valence electrons. The number of hydrogen-bond acceptors (Lipinski definition) is 1. The van der Waals surface area contributed by atoms with Crippen molar-refractivity contribution in [2.24, 2.45) is 0 Å². The fraction of sp³-hybridized carbons (Fsp3) is 0.643. The minimum atomic E-state index is 0.580. The van der Waals surface area contributed by atoms with Gasteiger partial charge in [0.15, 0.2) is 0 Å². The number of hydrogen-bond donors (Lipinski definition) is 0. The van der Waals surface area contributed by atoms with Crippen LogP contribution in [0.1, 0.15) is 69.7 Å². The summed E-state index contributed by atoms with van der Waals surface area (Å²) in [4.78, 5) is 4.58. The molecule has 0 aliphatic heterocycles. The SMILES string of the molecule is CCc1cc(C(C)CC)ncc1C(C)C. The molecule has 0 aromatic carbocycles. The molecule has 1 aromatic heterocycles. The van der Waals surface area contributed by atoms with Gasteiger partial charge in [-0.2, -0.15) is 0 Å². The lowest BCUT2D eigenvalue weighted by Crippen LogP contribution is -2.02. The molecule has 1 nitrogen and oxygen atoms in total. The first-order valence-electron chi connectivity index (χ1n) is 6.08. The summed E-state index contributed by atoms with van der Waals surface area (Å²) >= 11 is 0. The number of pyridine rings is 1. The number of rotatable bonds is 4. The van der Waals surface area contributed by atoms with E-state index in [1.54, 1.807) is 0 Å². The van der Waals surface area contributed by atoms with Crippen LogP contribution in [0.25, 0.3) is 0 Å². The van der Waals surface area contributed by atoms with Crippen molar-refractivity contribution >= 4 is 0 Å². The lowest BCUT2D eigenvalue weighted by atomic mass is 9.94. The van der Waals surface area contributed by atoms with Gasteiger partial charge in [0.25, 0.3) is 0 Å². The topological polar surface area (TPSA) is 12.9 Å². The molecule has 0 saturated carbocycles. The van der Waals surface area contributed by atoms with E-state index in [4.69, 9.17) is 0 Å². The third kappa shape index (κ3) is 2.80. The van der Waals surface area contributed by atoms with E-state index >= 15 is 0 Å². The Hall–Kier alpha value is -0.850. The van der Waals surface area contributed by atoms with Crippen molar-refractivity contribution in [2.75, 3.05) is 0 Å². The van der Waals surface area contributed by atoms with Crippen molar-refractivity contribution in [1.82, 2.24) is 4.98 Å². The van der Waals surface area contributed by atoms with Gasteiger partial charge in [0.2, 0.25) is 0 Å². The van der Waals surface area contributed by atoms with Gasteiger partial charge in [0.05, 0.1) is 0 Å². The highest BCUT2D eigenvalue weighted by atomic mass is 14.7. The molecule has 15 heavy (non-hydrogen) atoms. The smallest absolute Gasteiger partial charge is 0.0434 e. The van der Waals surface area contributed by atoms with Gasteiger partial charge in [-0.3, -0.25) is 4.98 Å². The predicted molar refractivity (Wildman–Crippen MR) is 66.4 cm³/mol. The van der Waals surface area contributed by atoms with Gasteiger partial charge in [-0.15, -0.1) is 0 Å². The summed E-state index contributed by atoms with van der Waals surface area (Å²) in [5.41, 5.74) is 4.12. The van der Waals surface area contributed by atoms with Crippen LogP contribution in [0.4, 0.5) is 0 Å². The van der Waals surface area contributed by atoms with Gasteiger partial charge >= 0.3 is 0 Å². The molecular formula is C14H23N. The molecular weight excluding hydrogens is 182 g/mol. The van der Waals surface area contributed by atoms with Crippen LogP contribution in [0.2, 0.25) is 0 Å². The Balaban J connectivity index is 3.07. The highest BCUT2D eigenvalue weighted by Crippen LogP contribution is 2.23. The van der Waals surface area contributed by atoms with Crippen molar-refractivity contribution in [3.63, 3.8) is 0 Å². The second kappa shape index (κ2) is 5.29. The number of aromatic nitrogens is 1. The van der Waals surface area contributed by atoms with E-state index in [0.29, 0.717) is 11.8 Å². The van der Waals surface area contributed by atoms with Gasteiger partial charge in [0, 0.05) is 11.9 Å². The third-order valence-corrected chi connectivity index (χ3v) is 3.17. The summed E-state index contributed by atoms with van der Waals surface area (Å²) in [5, 5.41) is 0. The lowest BCUT2D eigenvalue weighted by molar-refractivity contribution is 0.700. The van der Waals surface area contributed by atoms with E-state index in [-0.39, 0.29) is 0 Å². The summed E-state index contributed by atoms with van der Waals surface area (Å²) in [6.45, 7) is 11.2. The first kappa shape index (κ1) is 12.2. The fourth-order valence-corrected chi connectivity index (χ4v) is 1.83. The standard InChI is InChI=1S/C14H23N/c1-6-11(5)14-8-12(7-2)13(9-15-14)10(3)4/h8-11H,6-7H2,1-5H3. The molecule has 1 aromatic rings. The quantitative estimate of drug-likeness (QED) is 0.715. The highest BCUT2D eigenvalue weighted by Gasteiger charge is 2.10. The zero-order valence-electron chi connectivity index (χ0n) is 10.7. The number of nitrogens with zero attached hydrogens (tertiary/aromatic N) is 1. The van der Waals surface area contributed by atoms with Crippen LogP contribution in [0.5, 0.6) is 0 Å². The van der Waals surface area contributed by atoms with Crippen LogP contribution < -0.4 is 0 Å². The van der Waals surface area contributed by atoms with Crippen molar-refractivity contribution in [3.05, 3.63) is 29.1 Å². The molecule has 1 atom stereocenters. The van der Waals surface area contributed by atoms with Gasteiger partial charge < -0.3 is 0 Å². The Morgan fingerprint density at radius 3 is 2.33 bits per heavy atom. The monoisotopic (exact) mass is 205 g/mol. The molecule has 0 amide bonds. The molecule has 0 bridgehead atoms. The normalized spacial score (nSPS) is 13.2. The molecule has 0 radical (unpaired) electrons. The first-order valence-corrected chi connectivity index (χ1v) is 6.08. The summed E-state index contributed by atoms with van der Waals surface area (Å²) in [6.07, 6.45) is 4.35. The fourth-order valence-electron chi connectivity index (χ4n) is 1.83. The largest absolute Gasteiger partial charge is 0.261 e. The Morgan fingerprint density at radius 2 is 1.87 bits per heavy atom. The Morgan fingerprint density at radius 1 is 1.20 bits per heavy atom. The second-order valence-corrected chi connectivity index (χ2v) is 4.63. The molecule has 0 fully saturated rings. The van der Waals surface area contributed by atoms with E-state index < -0.39 is 0 Å². The summed E-state index contributed by atoms with van der Waals surface area (Å²) < 4.78 is 0. The zero-order chi connectivity index (χ0) is 11.4. The maximum Gasteiger partial charge on any atom is 0.0434 e. The maximum atomic E-state index is 4.58. The minimum Gasteiger partial charge on any atom is -0.261 e. The van der Waals surface area contributed by atoms with E-state index in [2.05, 4.69) is 51.9 Å². The van der Waals surface area contributed by atoms with Crippen LogP contribution >= 0.6 is 0 Å². The molecule has 0 N–H and O–H groups in total. The summed E-state index contributed by atoms with van der Waals surface area (Å²) in [5.74, 6) is 1.16. The van der Waals surface area contributed by atoms with Crippen molar-refractivity contribution in [3.8, 4) is 0 Å². The average Bonchev–Trinajstić information content (AvgIpc) is 2.26. The second-order valence-electron chi connectivity index (χ2n) is 4.63. The van der Waals surface area contributed by atoms with Crippen LogP contribution in [-0.2, 0) is 6.42 Å². The summed E-state index contributed by atoms with van der Waals surface area (Å²) in [6, 6.07) is 2.30. The highest BCUT2D eigenvalue weighted by molar-refractivity contribution is 5.30. The van der Waals surface area contributed by atoms with Crippen molar-refractivity contribution in [1.29, 1.82) is 0 Å². The Bertz CT molecular complexity index is 315. The minimum absolute atomic E-state index is 0.580. The lowest BCUT2D eigenvalue weighted by Gasteiger charge is -2.15. The molecule has 1 unspecified atom stereocenters. The van der Waals surface area contributed by atoms with Gasteiger partial charge in [0.1, 0.15) is 0 Å². The zero-order valence-corrected chi connectivity index (χ0v) is 10.7. The van der Waals surface area contributed by atoms with Gasteiger partial charge in [-0.1, -0.05) is 34.6 Å². The van der Waals surface area contributed by atoms with E-state index in [9.17, 15) is 0 Å². The molecule has 1 heteroatoms. The van der Waals surface area contributed by atoms with Crippen LogP contribution in [0, 0.1) is 0 Å². The van der Waals surface area contributed by atoms with Crippen LogP contribution in [-0.4, -0.2) is 4.98 Å². The van der Waals surface area contributed by atoms with E-state index in [0.717, 1.165) is 12.8 Å². The van der Waals surface area contributed by atoms with Gasteiger partial charge in [-0.05, 0) is 41.9 Å². The van der Waals surface area contributed by atoms with Gasteiger partial charge in [-0.25, -0.2) is 0 Å². The molecule has 1 rings (SSSR count). The van der Waals surface area contributed by atoms with Crippen molar-refractivity contribution < 1.29 is 0 Å². The Labute approximate surface area is 93.9 Å². The molecule has 0 aliphatic carbocycles. The third-order valence-electron chi connectivity index (χ3n) is 3.17. The molecule has 0 saturated heterocycles. The molecule has 0 aliphatic rings. The van der Waals surface area contributed by atoms with Crippen LogP contribution in [0.3, 0.4) is 0 Å². The maximum absolute atomic E-state index is 4.58. The molecule has 1 heterocycles. The molecule has 0 spiro atoms. The number of aryl methyl sites for hydroxylation is 1. The van der Waals surface area contributed by atoms with Crippen LogP contribution in [0.15, 0.2) is 12.3 Å². The predicted octanol–water partition coefficient (Wildman–Crippen LogP) is 4.28.